The largest absolute Gasteiger partial charge is 0.456 e. The Morgan fingerprint density at radius 2 is 1.86 bits per heavy atom. The molecule has 2 aromatic rings. The van der Waals surface area contributed by atoms with Gasteiger partial charge in [0.2, 0.25) is 0 Å². The SMILES string of the molecule is CC(C)(C)S(=O)N=Cc1cccc(Oc2ccccc2Cl)c1. The van der Waals surface area contributed by atoms with Gasteiger partial charge < -0.3 is 4.74 Å². The summed E-state index contributed by atoms with van der Waals surface area (Å²) in [6.07, 6.45) is 1.60. The first-order valence-electron chi connectivity index (χ1n) is 6.85. The molecule has 0 heterocycles. The van der Waals surface area contributed by atoms with E-state index < -0.39 is 11.0 Å². The van der Waals surface area contributed by atoms with Crippen molar-refractivity contribution in [3.05, 3.63) is 59.1 Å². The Labute approximate surface area is 138 Å². The maximum atomic E-state index is 11.9. The van der Waals surface area contributed by atoms with Gasteiger partial charge in [-0.25, -0.2) is 4.21 Å². The van der Waals surface area contributed by atoms with Crippen LogP contribution < -0.4 is 4.74 Å². The Balaban J connectivity index is 2.16. The number of rotatable bonds is 4. The van der Waals surface area contributed by atoms with Crippen molar-refractivity contribution in [3.8, 4) is 11.5 Å². The van der Waals surface area contributed by atoms with Crippen LogP contribution >= 0.6 is 11.6 Å². The molecule has 0 saturated heterocycles. The van der Waals surface area contributed by atoms with Crippen molar-refractivity contribution in [2.45, 2.75) is 25.5 Å². The van der Waals surface area contributed by atoms with Crippen LogP contribution in [0.15, 0.2) is 52.9 Å². The van der Waals surface area contributed by atoms with Crippen molar-refractivity contribution in [3.63, 3.8) is 0 Å². The first-order chi connectivity index (χ1) is 10.4. The number of hydrogen-bond donors (Lipinski definition) is 0. The molecule has 0 spiro atoms. The maximum absolute atomic E-state index is 11.9. The molecule has 0 amide bonds. The lowest BCUT2D eigenvalue weighted by Crippen LogP contribution is -2.19. The Morgan fingerprint density at radius 3 is 2.55 bits per heavy atom. The highest BCUT2D eigenvalue weighted by Crippen LogP contribution is 2.28. The predicted octanol–water partition coefficient (Wildman–Crippen LogP) is 5.01. The summed E-state index contributed by atoms with van der Waals surface area (Å²) in [5.41, 5.74) is 0.821. The molecule has 0 aliphatic carbocycles. The van der Waals surface area contributed by atoms with Crippen molar-refractivity contribution in [1.82, 2.24) is 0 Å². The van der Waals surface area contributed by atoms with E-state index in [1.807, 2.05) is 57.2 Å². The van der Waals surface area contributed by atoms with Gasteiger partial charge in [0, 0.05) is 6.21 Å². The molecule has 0 fully saturated rings. The first kappa shape index (κ1) is 16.7. The lowest BCUT2D eigenvalue weighted by Gasteiger charge is -2.12. The van der Waals surface area contributed by atoms with Crippen molar-refractivity contribution in [2.24, 2.45) is 4.40 Å². The molecule has 22 heavy (non-hydrogen) atoms. The second kappa shape index (κ2) is 7.07. The maximum Gasteiger partial charge on any atom is 0.146 e. The van der Waals surface area contributed by atoms with Gasteiger partial charge in [0.1, 0.15) is 22.5 Å². The molecule has 0 saturated carbocycles. The van der Waals surface area contributed by atoms with E-state index in [2.05, 4.69) is 4.40 Å². The highest BCUT2D eigenvalue weighted by Gasteiger charge is 2.18. The molecule has 0 aliphatic rings. The summed E-state index contributed by atoms with van der Waals surface area (Å²) in [6.45, 7) is 5.66. The fourth-order valence-corrected chi connectivity index (χ4v) is 2.29. The lowest BCUT2D eigenvalue weighted by molar-refractivity contribution is 0.483. The van der Waals surface area contributed by atoms with E-state index in [1.165, 1.54) is 0 Å². The predicted molar refractivity (Wildman–Crippen MR) is 93.5 cm³/mol. The number of halogens is 1. The summed E-state index contributed by atoms with van der Waals surface area (Å²) in [5.74, 6) is 1.25. The smallest absolute Gasteiger partial charge is 0.146 e. The average molecular weight is 336 g/mol. The molecular formula is C17H18ClNO2S. The van der Waals surface area contributed by atoms with Gasteiger partial charge in [-0.3, -0.25) is 0 Å². The summed E-state index contributed by atoms with van der Waals surface area (Å²) in [5, 5.41) is 0.551. The fraction of sp³-hybridized carbons (Fsp3) is 0.235. The van der Waals surface area contributed by atoms with Gasteiger partial charge in [-0.05, 0) is 50.6 Å². The molecule has 3 nitrogen and oxygen atoms in total. The third kappa shape index (κ3) is 4.68. The zero-order valence-electron chi connectivity index (χ0n) is 12.7. The molecule has 0 radical (unpaired) electrons. The number of nitrogens with zero attached hydrogens (tertiary/aromatic N) is 1. The Kier molecular flexibility index (Phi) is 5.37. The van der Waals surface area contributed by atoms with Crippen LogP contribution in [0.5, 0.6) is 11.5 Å². The summed E-state index contributed by atoms with van der Waals surface area (Å²) < 4.78 is 21.4. The second-order valence-corrected chi connectivity index (χ2v) is 8.04. The van der Waals surface area contributed by atoms with Gasteiger partial charge >= 0.3 is 0 Å². The third-order valence-corrected chi connectivity index (χ3v) is 4.40. The summed E-state index contributed by atoms with van der Waals surface area (Å²) in [7, 11) is -1.28. The minimum absolute atomic E-state index is 0.373. The van der Waals surface area contributed by atoms with Gasteiger partial charge in [0.25, 0.3) is 0 Å². The highest BCUT2D eigenvalue weighted by molar-refractivity contribution is 7.85. The summed E-state index contributed by atoms with van der Waals surface area (Å²) >= 11 is 6.08. The van der Waals surface area contributed by atoms with Crippen LogP contribution in [0, 0.1) is 0 Å². The van der Waals surface area contributed by atoms with Crippen LogP contribution in [0.1, 0.15) is 26.3 Å². The van der Waals surface area contributed by atoms with Gasteiger partial charge in [-0.2, -0.15) is 4.40 Å². The van der Waals surface area contributed by atoms with E-state index >= 15 is 0 Å². The molecule has 1 unspecified atom stereocenters. The monoisotopic (exact) mass is 335 g/mol. The number of benzene rings is 2. The molecule has 0 N–H and O–H groups in total. The Hall–Kier alpha value is -1.65. The molecular weight excluding hydrogens is 318 g/mol. The van der Waals surface area contributed by atoms with E-state index in [9.17, 15) is 4.21 Å². The van der Waals surface area contributed by atoms with Crippen molar-refractivity contribution in [1.29, 1.82) is 0 Å². The van der Waals surface area contributed by atoms with Gasteiger partial charge in [0.15, 0.2) is 0 Å². The zero-order chi connectivity index (χ0) is 16.2. The van der Waals surface area contributed by atoms with Crippen molar-refractivity contribution in [2.75, 3.05) is 0 Å². The van der Waals surface area contributed by atoms with Crippen LogP contribution in [0.3, 0.4) is 0 Å². The lowest BCUT2D eigenvalue weighted by atomic mass is 10.2. The normalized spacial score (nSPS) is 13.3. The van der Waals surface area contributed by atoms with Crippen molar-refractivity contribution < 1.29 is 8.95 Å². The van der Waals surface area contributed by atoms with Gasteiger partial charge in [0.05, 0.1) is 9.77 Å². The Bertz CT molecular complexity index is 708. The number of hydrogen-bond acceptors (Lipinski definition) is 2. The van der Waals surface area contributed by atoms with E-state index in [4.69, 9.17) is 16.3 Å². The van der Waals surface area contributed by atoms with Crippen LogP contribution in [0.4, 0.5) is 0 Å². The van der Waals surface area contributed by atoms with Gasteiger partial charge in [-0.1, -0.05) is 35.9 Å². The van der Waals surface area contributed by atoms with Crippen LogP contribution in [0.2, 0.25) is 5.02 Å². The minimum atomic E-state index is -1.28. The first-order valence-corrected chi connectivity index (χ1v) is 8.33. The molecule has 2 aromatic carbocycles. The van der Waals surface area contributed by atoms with E-state index in [-0.39, 0.29) is 4.75 Å². The topological polar surface area (TPSA) is 38.7 Å². The standard InChI is InChI=1S/C17H18ClNO2S/c1-17(2,3)22(20)19-12-13-7-6-8-14(11-13)21-16-10-5-4-9-15(16)18/h4-12H,1-3H3. The quantitative estimate of drug-likeness (QED) is 0.736. The van der Waals surface area contributed by atoms with Crippen molar-refractivity contribution >= 4 is 28.8 Å². The third-order valence-electron chi connectivity index (χ3n) is 2.74. The molecule has 2 rings (SSSR count). The van der Waals surface area contributed by atoms with Crippen LogP contribution in [-0.4, -0.2) is 15.2 Å². The van der Waals surface area contributed by atoms with E-state index in [0.717, 1.165) is 5.56 Å². The van der Waals surface area contributed by atoms with E-state index in [0.29, 0.717) is 16.5 Å². The zero-order valence-corrected chi connectivity index (χ0v) is 14.3. The summed E-state index contributed by atoms with van der Waals surface area (Å²) in [4.78, 5) is 0. The minimum Gasteiger partial charge on any atom is -0.456 e. The van der Waals surface area contributed by atoms with Crippen LogP contribution in [-0.2, 0) is 11.0 Å². The molecule has 5 heteroatoms. The fourth-order valence-electron chi connectivity index (χ4n) is 1.58. The average Bonchev–Trinajstić information content (AvgIpc) is 2.46. The highest BCUT2D eigenvalue weighted by atomic mass is 35.5. The Morgan fingerprint density at radius 1 is 1.14 bits per heavy atom. The molecule has 0 aromatic heterocycles. The molecule has 0 bridgehead atoms. The van der Waals surface area contributed by atoms with Gasteiger partial charge in [-0.15, -0.1) is 0 Å². The molecule has 1 atom stereocenters. The molecule has 116 valence electrons. The van der Waals surface area contributed by atoms with Crippen LogP contribution in [0.25, 0.3) is 0 Å². The second-order valence-electron chi connectivity index (χ2n) is 5.70. The number of para-hydroxylation sites is 1. The van der Waals surface area contributed by atoms with E-state index in [1.54, 1.807) is 18.3 Å². The summed E-state index contributed by atoms with van der Waals surface area (Å²) in [6, 6.07) is 14.7. The number of ether oxygens (including phenoxy) is 1. The molecule has 0 aliphatic heterocycles.